The smallest absolute Gasteiger partial charge is 0.178 e. The average molecular weight is 270 g/mol. The van der Waals surface area contributed by atoms with E-state index in [0.717, 1.165) is 17.8 Å². The van der Waals surface area contributed by atoms with E-state index in [-0.39, 0.29) is 5.82 Å². The summed E-state index contributed by atoms with van der Waals surface area (Å²) in [6.45, 7) is 3.00. The number of thioether (sulfide) groups is 1. The van der Waals surface area contributed by atoms with E-state index in [1.165, 1.54) is 6.07 Å². The Morgan fingerprint density at radius 2 is 2.29 bits per heavy atom. The molecule has 2 rings (SSSR count). The number of fused-ring (bicyclic) bond motifs is 1. The number of benzene rings is 1. The van der Waals surface area contributed by atoms with Gasteiger partial charge in [-0.1, -0.05) is 13.0 Å². The van der Waals surface area contributed by atoms with Crippen molar-refractivity contribution in [3.63, 3.8) is 0 Å². The first-order valence-corrected chi connectivity index (χ1v) is 7.29. The number of para-hydroxylation sites is 1. The third kappa shape index (κ3) is 2.55. The predicted octanol–water partition coefficient (Wildman–Crippen LogP) is 3.84. The molecule has 1 unspecified atom stereocenters. The van der Waals surface area contributed by atoms with Gasteiger partial charge in [0, 0.05) is 6.54 Å². The molecule has 0 aliphatic heterocycles. The van der Waals surface area contributed by atoms with E-state index in [1.54, 1.807) is 6.07 Å². The van der Waals surface area contributed by atoms with Crippen LogP contribution >= 0.6 is 24.0 Å². The lowest BCUT2D eigenvalue weighted by Crippen LogP contribution is -2.09. The van der Waals surface area contributed by atoms with Crippen molar-refractivity contribution in [2.24, 2.45) is 5.92 Å². The van der Waals surface area contributed by atoms with Crippen LogP contribution in [0.3, 0.4) is 0 Å². The monoisotopic (exact) mass is 270 g/mol. The van der Waals surface area contributed by atoms with Gasteiger partial charge in [-0.15, -0.1) is 0 Å². The molecule has 0 bridgehead atoms. The first-order chi connectivity index (χ1) is 8.13. The van der Waals surface area contributed by atoms with E-state index >= 15 is 0 Å². The van der Waals surface area contributed by atoms with Crippen molar-refractivity contribution in [3.8, 4) is 0 Å². The van der Waals surface area contributed by atoms with Crippen molar-refractivity contribution < 1.29 is 4.39 Å². The molecule has 92 valence electrons. The fraction of sp³-hybridized carbons (Fsp3) is 0.417. The second-order valence-electron chi connectivity index (χ2n) is 4.24. The number of imidazole rings is 1. The zero-order chi connectivity index (χ0) is 12.4. The van der Waals surface area contributed by atoms with Crippen LogP contribution in [0.15, 0.2) is 18.2 Å². The summed E-state index contributed by atoms with van der Waals surface area (Å²) in [6, 6.07) is 5.07. The predicted molar refractivity (Wildman–Crippen MR) is 74.6 cm³/mol. The number of nitrogens with one attached hydrogen (secondary N) is 1. The molecule has 0 spiro atoms. The zero-order valence-corrected chi connectivity index (χ0v) is 11.5. The van der Waals surface area contributed by atoms with E-state index in [4.69, 9.17) is 12.2 Å². The van der Waals surface area contributed by atoms with Gasteiger partial charge in [0.05, 0.1) is 5.52 Å². The summed E-state index contributed by atoms with van der Waals surface area (Å²) in [6.07, 6.45) is 2.09. The maximum atomic E-state index is 13.6. The standard InChI is InChI=1S/C12H15FN2S2/c1-8(7-17-2)6-15-10-5-3-4-9(13)11(10)14-12(15)16/h3-5,8H,6-7H2,1-2H3,(H,14,16). The lowest BCUT2D eigenvalue weighted by molar-refractivity contribution is 0.537. The first kappa shape index (κ1) is 12.6. The molecule has 1 N–H and O–H groups in total. The minimum Gasteiger partial charge on any atom is -0.328 e. The van der Waals surface area contributed by atoms with Gasteiger partial charge in [0.15, 0.2) is 4.77 Å². The molecule has 1 atom stereocenters. The molecule has 2 nitrogen and oxygen atoms in total. The summed E-state index contributed by atoms with van der Waals surface area (Å²) < 4.78 is 16.1. The number of H-pyrrole nitrogens is 1. The highest BCUT2D eigenvalue weighted by atomic mass is 32.2. The highest BCUT2D eigenvalue weighted by molar-refractivity contribution is 7.98. The fourth-order valence-corrected chi connectivity index (χ4v) is 2.92. The minimum absolute atomic E-state index is 0.245. The van der Waals surface area contributed by atoms with E-state index in [2.05, 4.69) is 18.2 Å². The van der Waals surface area contributed by atoms with Crippen LogP contribution in [0.5, 0.6) is 0 Å². The molecule has 0 amide bonds. The van der Waals surface area contributed by atoms with E-state index < -0.39 is 0 Å². The summed E-state index contributed by atoms with van der Waals surface area (Å²) in [4.78, 5) is 2.94. The van der Waals surface area contributed by atoms with Crippen LogP contribution in [0.25, 0.3) is 11.0 Å². The van der Waals surface area contributed by atoms with Crippen molar-refractivity contribution >= 4 is 35.0 Å². The number of aromatic amines is 1. The summed E-state index contributed by atoms with van der Waals surface area (Å²) in [5.41, 5.74) is 1.36. The molecule has 5 heteroatoms. The summed E-state index contributed by atoms with van der Waals surface area (Å²) in [7, 11) is 0. The molecule has 1 heterocycles. The molecular weight excluding hydrogens is 255 g/mol. The number of hydrogen-bond donors (Lipinski definition) is 1. The van der Waals surface area contributed by atoms with Crippen LogP contribution in [0.2, 0.25) is 0 Å². The molecule has 0 saturated heterocycles. The highest BCUT2D eigenvalue weighted by Gasteiger charge is 2.10. The Morgan fingerprint density at radius 1 is 1.53 bits per heavy atom. The first-order valence-electron chi connectivity index (χ1n) is 5.49. The number of aromatic nitrogens is 2. The summed E-state index contributed by atoms with van der Waals surface area (Å²) in [5, 5.41) is 0. The maximum Gasteiger partial charge on any atom is 0.178 e. The van der Waals surface area contributed by atoms with Crippen molar-refractivity contribution in [1.29, 1.82) is 0 Å². The maximum absolute atomic E-state index is 13.6. The molecule has 1 aromatic heterocycles. The fourth-order valence-electron chi connectivity index (χ4n) is 1.98. The topological polar surface area (TPSA) is 20.7 Å². The van der Waals surface area contributed by atoms with Crippen molar-refractivity contribution in [1.82, 2.24) is 9.55 Å². The number of hydrogen-bond acceptors (Lipinski definition) is 2. The molecule has 0 aliphatic carbocycles. The van der Waals surface area contributed by atoms with Crippen LogP contribution < -0.4 is 0 Å². The van der Waals surface area contributed by atoms with Crippen molar-refractivity contribution in [3.05, 3.63) is 28.8 Å². The molecular formula is C12H15FN2S2. The van der Waals surface area contributed by atoms with Crippen LogP contribution in [0.1, 0.15) is 6.92 Å². The van der Waals surface area contributed by atoms with E-state index in [9.17, 15) is 4.39 Å². The van der Waals surface area contributed by atoms with Crippen LogP contribution in [-0.2, 0) is 6.54 Å². The Hall–Kier alpha value is -0.810. The molecule has 2 aromatic rings. The Labute approximate surface area is 109 Å². The summed E-state index contributed by atoms with van der Waals surface area (Å²) >= 11 is 7.06. The third-order valence-electron chi connectivity index (χ3n) is 2.70. The summed E-state index contributed by atoms with van der Waals surface area (Å²) in [5.74, 6) is 1.34. The second-order valence-corrected chi connectivity index (χ2v) is 5.53. The van der Waals surface area contributed by atoms with Gasteiger partial charge >= 0.3 is 0 Å². The Bertz CT molecular complexity index is 573. The van der Waals surface area contributed by atoms with Gasteiger partial charge in [-0.2, -0.15) is 11.8 Å². The number of halogens is 1. The van der Waals surface area contributed by atoms with E-state index in [0.29, 0.717) is 16.2 Å². The normalized spacial score (nSPS) is 13.1. The Kier molecular flexibility index (Phi) is 3.89. The lowest BCUT2D eigenvalue weighted by Gasteiger charge is -2.11. The molecule has 0 saturated carbocycles. The van der Waals surface area contributed by atoms with Crippen LogP contribution in [0, 0.1) is 16.5 Å². The zero-order valence-electron chi connectivity index (χ0n) is 9.87. The average Bonchev–Trinajstić information content (AvgIpc) is 2.58. The molecule has 1 aromatic carbocycles. The van der Waals surface area contributed by atoms with Gasteiger partial charge in [0.2, 0.25) is 0 Å². The van der Waals surface area contributed by atoms with Crippen LogP contribution in [0.4, 0.5) is 4.39 Å². The Balaban J connectivity index is 2.43. The molecule has 0 radical (unpaired) electrons. The minimum atomic E-state index is -0.245. The lowest BCUT2D eigenvalue weighted by atomic mass is 10.2. The van der Waals surface area contributed by atoms with Crippen molar-refractivity contribution in [2.45, 2.75) is 13.5 Å². The van der Waals surface area contributed by atoms with E-state index in [1.807, 2.05) is 22.4 Å². The quantitative estimate of drug-likeness (QED) is 0.852. The molecule has 0 fully saturated rings. The van der Waals surface area contributed by atoms with Crippen molar-refractivity contribution in [2.75, 3.05) is 12.0 Å². The van der Waals surface area contributed by atoms with Gasteiger partial charge < -0.3 is 9.55 Å². The van der Waals surface area contributed by atoms with Gasteiger partial charge in [0.25, 0.3) is 0 Å². The number of rotatable bonds is 4. The van der Waals surface area contributed by atoms with Gasteiger partial charge in [0.1, 0.15) is 11.3 Å². The van der Waals surface area contributed by atoms with Gasteiger partial charge in [-0.05, 0) is 42.3 Å². The SMILES string of the molecule is CSCC(C)Cn1c(=S)[nH]c2c(F)cccc21. The molecule has 17 heavy (non-hydrogen) atoms. The van der Waals surface area contributed by atoms with Gasteiger partial charge in [-0.25, -0.2) is 4.39 Å². The van der Waals surface area contributed by atoms with Gasteiger partial charge in [-0.3, -0.25) is 0 Å². The van der Waals surface area contributed by atoms with Crippen LogP contribution in [-0.4, -0.2) is 21.6 Å². The number of nitrogens with zero attached hydrogens (tertiary/aromatic N) is 1. The Morgan fingerprint density at radius 3 is 3.00 bits per heavy atom. The largest absolute Gasteiger partial charge is 0.328 e. The molecule has 0 aliphatic rings. The second kappa shape index (κ2) is 5.23. The third-order valence-corrected chi connectivity index (χ3v) is 3.93. The highest BCUT2D eigenvalue weighted by Crippen LogP contribution is 2.19.